The van der Waals surface area contributed by atoms with Gasteiger partial charge in [0.15, 0.2) is 5.82 Å². The van der Waals surface area contributed by atoms with Crippen molar-refractivity contribution in [2.24, 2.45) is 0 Å². The van der Waals surface area contributed by atoms with Crippen molar-refractivity contribution in [3.8, 4) is 0 Å². The first-order valence-electron chi connectivity index (χ1n) is 4.89. The van der Waals surface area contributed by atoms with Gasteiger partial charge in [-0.05, 0) is 18.2 Å². The number of aromatic nitrogens is 3. The fraction of sp³-hybridized carbons (Fsp3) is 0. The number of anilines is 2. The number of halogens is 1. The zero-order valence-corrected chi connectivity index (χ0v) is 10.2. The van der Waals surface area contributed by atoms with Crippen molar-refractivity contribution < 1.29 is 0 Å². The third-order valence-corrected chi connectivity index (χ3v) is 3.20. The zero-order chi connectivity index (χ0) is 11.7. The molecule has 0 bridgehead atoms. The SMILES string of the molecule is Clc1cncc(Nc2ccc3scnc3c2)n1. The van der Waals surface area contributed by atoms with Crippen molar-refractivity contribution in [1.29, 1.82) is 0 Å². The first-order valence-corrected chi connectivity index (χ1v) is 6.15. The third-order valence-electron chi connectivity index (χ3n) is 2.21. The van der Waals surface area contributed by atoms with Crippen LogP contribution in [-0.2, 0) is 0 Å². The highest BCUT2D eigenvalue weighted by Gasteiger charge is 2.01. The summed E-state index contributed by atoms with van der Waals surface area (Å²) < 4.78 is 1.16. The molecule has 0 spiro atoms. The summed E-state index contributed by atoms with van der Waals surface area (Å²) in [5, 5.41) is 3.50. The molecule has 0 aliphatic heterocycles. The number of thiazole rings is 1. The highest BCUT2D eigenvalue weighted by atomic mass is 35.5. The lowest BCUT2D eigenvalue weighted by Gasteiger charge is -2.04. The van der Waals surface area contributed by atoms with Gasteiger partial charge in [-0.2, -0.15) is 0 Å². The lowest BCUT2D eigenvalue weighted by atomic mass is 10.3. The second-order valence-corrected chi connectivity index (χ2v) is 4.66. The van der Waals surface area contributed by atoms with Gasteiger partial charge in [0.25, 0.3) is 0 Å². The lowest BCUT2D eigenvalue weighted by Crippen LogP contribution is -1.94. The van der Waals surface area contributed by atoms with Gasteiger partial charge in [0.2, 0.25) is 0 Å². The molecule has 0 aliphatic rings. The van der Waals surface area contributed by atoms with E-state index >= 15 is 0 Å². The summed E-state index contributed by atoms with van der Waals surface area (Å²) in [6.07, 6.45) is 3.12. The minimum atomic E-state index is 0.365. The summed E-state index contributed by atoms with van der Waals surface area (Å²) in [5.41, 5.74) is 3.71. The minimum Gasteiger partial charge on any atom is -0.339 e. The molecule has 0 saturated carbocycles. The number of fused-ring (bicyclic) bond motifs is 1. The topological polar surface area (TPSA) is 50.7 Å². The summed E-state index contributed by atoms with van der Waals surface area (Å²) in [6.45, 7) is 0. The molecule has 2 aromatic heterocycles. The zero-order valence-electron chi connectivity index (χ0n) is 8.59. The molecule has 0 unspecified atom stereocenters. The molecule has 0 saturated heterocycles. The molecule has 0 radical (unpaired) electrons. The summed E-state index contributed by atoms with van der Waals surface area (Å²) in [7, 11) is 0. The predicted molar refractivity (Wildman–Crippen MR) is 69.9 cm³/mol. The van der Waals surface area contributed by atoms with Gasteiger partial charge in [-0.25, -0.2) is 9.97 Å². The second-order valence-electron chi connectivity index (χ2n) is 3.39. The maximum absolute atomic E-state index is 5.76. The number of nitrogens with zero attached hydrogens (tertiary/aromatic N) is 3. The molecule has 0 aliphatic carbocycles. The van der Waals surface area contributed by atoms with E-state index in [0.717, 1.165) is 15.9 Å². The van der Waals surface area contributed by atoms with Gasteiger partial charge in [-0.15, -0.1) is 11.3 Å². The molecule has 0 atom stereocenters. The van der Waals surface area contributed by atoms with E-state index in [1.807, 2.05) is 23.7 Å². The number of hydrogen-bond acceptors (Lipinski definition) is 5. The normalized spacial score (nSPS) is 10.6. The molecule has 4 nitrogen and oxygen atoms in total. The maximum Gasteiger partial charge on any atom is 0.150 e. The minimum absolute atomic E-state index is 0.365. The fourth-order valence-corrected chi connectivity index (χ4v) is 2.29. The van der Waals surface area contributed by atoms with Crippen LogP contribution in [0.5, 0.6) is 0 Å². The van der Waals surface area contributed by atoms with Crippen molar-refractivity contribution in [2.45, 2.75) is 0 Å². The van der Waals surface area contributed by atoms with Crippen LogP contribution in [0.1, 0.15) is 0 Å². The van der Waals surface area contributed by atoms with Crippen molar-refractivity contribution in [2.75, 3.05) is 5.32 Å². The highest BCUT2D eigenvalue weighted by Crippen LogP contribution is 2.23. The van der Waals surface area contributed by atoms with Crippen LogP contribution in [0.2, 0.25) is 5.15 Å². The van der Waals surface area contributed by atoms with Crippen LogP contribution in [0.25, 0.3) is 10.2 Å². The molecule has 84 valence electrons. The van der Waals surface area contributed by atoms with E-state index in [1.54, 1.807) is 17.5 Å². The monoisotopic (exact) mass is 262 g/mol. The van der Waals surface area contributed by atoms with E-state index in [2.05, 4.69) is 20.3 Å². The Hall–Kier alpha value is -1.72. The summed E-state index contributed by atoms with van der Waals surface area (Å²) in [6, 6.07) is 5.96. The molecule has 6 heteroatoms. The average Bonchev–Trinajstić information content (AvgIpc) is 2.76. The summed E-state index contributed by atoms with van der Waals surface area (Å²) in [5.74, 6) is 0.618. The maximum atomic E-state index is 5.76. The Kier molecular flexibility index (Phi) is 2.62. The van der Waals surface area contributed by atoms with E-state index in [-0.39, 0.29) is 0 Å². The van der Waals surface area contributed by atoms with Crippen LogP contribution in [0.4, 0.5) is 11.5 Å². The van der Waals surface area contributed by atoms with Gasteiger partial charge in [0.05, 0.1) is 28.1 Å². The molecule has 3 aromatic rings. The molecule has 2 heterocycles. The number of benzene rings is 1. The number of nitrogens with one attached hydrogen (secondary N) is 1. The Morgan fingerprint density at radius 3 is 3.06 bits per heavy atom. The smallest absolute Gasteiger partial charge is 0.150 e. The standard InChI is InChI=1S/C11H7ClN4S/c12-10-4-13-5-11(16-10)15-7-1-2-9-8(3-7)14-6-17-9/h1-6H,(H,15,16). The van der Waals surface area contributed by atoms with Gasteiger partial charge in [0.1, 0.15) is 5.15 Å². The van der Waals surface area contributed by atoms with Crippen LogP contribution < -0.4 is 5.32 Å². The lowest BCUT2D eigenvalue weighted by molar-refractivity contribution is 1.20. The van der Waals surface area contributed by atoms with Crippen molar-refractivity contribution in [3.63, 3.8) is 0 Å². The van der Waals surface area contributed by atoms with Gasteiger partial charge in [-0.3, -0.25) is 4.98 Å². The molecule has 0 amide bonds. The van der Waals surface area contributed by atoms with E-state index in [4.69, 9.17) is 11.6 Å². The summed E-state index contributed by atoms with van der Waals surface area (Å²) >= 11 is 7.38. The number of hydrogen-bond donors (Lipinski definition) is 1. The van der Waals surface area contributed by atoms with Crippen LogP contribution in [0.15, 0.2) is 36.1 Å². The number of rotatable bonds is 2. The molecule has 1 aromatic carbocycles. The third kappa shape index (κ3) is 2.20. The second kappa shape index (κ2) is 4.27. The van der Waals surface area contributed by atoms with E-state index in [0.29, 0.717) is 11.0 Å². The molecular weight excluding hydrogens is 256 g/mol. The molecule has 1 N–H and O–H groups in total. The van der Waals surface area contributed by atoms with Gasteiger partial charge in [0, 0.05) is 5.69 Å². The first kappa shape index (κ1) is 10.4. The predicted octanol–water partition coefficient (Wildman–Crippen LogP) is 3.48. The molecular formula is C11H7ClN4S. The fourth-order valence-electron chi connectivity index (χ4n) is 1.49. The van der Waals surface area contributed by atoms with E-state index in [9.17, 15) is 0 Å². The Morgan fingerprint density at radius 1 is 1.24 bits per heavy atom. The van der Waals surface area contributed by atoms with Crippen molar-refractivity contribution >= 4 is 44.7 Å². The first-order chi connectivity index (χ1) is 8.31. The van der Waals surface area contributed by atoms with Gasteiger partial charge < -0.3 is 5.32 Å². The largest absolute Gasteiger partial charge is 0.339 e. The molecule has 3 rings (SSSR count). The Balaban J connectivity index is 1.94. The average molecular weight is 263 g/mol. The molecule has 17 heavy (non-hydrogen) atoms. The van der Waals surface area contributed by atoms with Crippen LogP contribution in [-0.4, -0.2) is 15.0 Å². The summed E-state index contributed by atoms with van der Waals surface area (Å²) in [4.78, 5) is 12.3. The van der Waals surface area contributed by atoms with Gasteiger partial charge >= 0.3 is 0 Å². The van der Waals surface area contributed by atoms with Crippen LogP contribution >= 0.6 is 22.9 Å². The Labute approximate surface area is 106 Å². The Bertz CT molecular complexity index is 667. The van der Waals surface area contributed by atoms with E-state index < -0.39 is 0 Å². The molecule has 0 fully saturated rings. The van der Waals surface area contributed by atoms with Crippen LogP contribution in [0, 0.1) is 0 Å². The van der Waals surface area contributed by atoms with Gasteiger partial charge in [-0.1, -0.05) is 11.6 Å². The van der Waals surface area contributed by atoms with Crippen molar-refractivity contribution in [3.05, 3.63) is 41.3 Å². The van der Waals surface area contributed by atoms with E-state index in [1.165, 1.54) is 6.20 Å². The van der Waals surface area contributed by atoms with Crippen LogP contribution in [0.3, 0.4) is 0 Å². The van der Waals surface area contributed by atoms with Crippen molar-refractivity contribution in [1.82, 2.24) is 15.0 Å². The Morgan fingerprint density at radius 2 is 2.18 bits per heavy atom. The highest BCUT2D eigenvalue weighted by molar-refractivity contribution is 7.16. The quantitative estimate of drug-likeness (QED) is 0.768.